The zero-order valence-electron chi connectivity index (χ0n) is 27.3. The standard InChI is InChI=1S/C35H50FN3O6/c1-24-5-7-30(40)23-32(41)45-33(26(3)19-27-20-28(36)22-29(21-27)38-15-17-43-18-16-38)25(2)6-8-31(24)44-34(42)39-14-11-35(39)9-12-37(4)13-10-35/h6,8,19-22,24-25,30-31,33,40H,5,7,9-18,23H2,1-4H3/b8-6-,26-19+/t24-,25-,30+,31-,33-/m0/s1. The van der Waals surface area contributed by atoms with Gasteiger partial charge in [-0.1, -0.05) is 26.0 Å². The molecule has 0 unspecified atom stereocenters. The molecule has 0 aromatic heterocycles. The molecule has 4 aliphatic rings. The van der Waals surface area contributed by atoms with Gasteiger partial charge in [0.2, 0.25) is 0 Å². The van der Waals surface area contributed by atoms with Crippen LogP contribution in [0.25, 0.3) is 6.08 Å². The van der Waals surface area contributed by atoms with Crippen LogP contribution in [0.5, 0.6) is 0 Å². The molecule has 5 rings (SSSR count). The minimum atomic E-state index is -0.864. The van der Waals surface area contributed by atoms with Crippen molar-refractivity contribution < 1.29 is 33.3 Å². The van der Waals surface area contributed by atoms with Gasteiger partial charge in [0.1, 0.15) is 18.0 Å². The van der Waals surface area contributed by atoms with Crippen molar-refractivity contribution in [1.29, 1.82) is 0 Å². The first-order valence-corrected chi connectivity index (χ1v) is 16.6. The number of morpholine rings is 1. The van der Waals surface area contributed by atoms with Crippen molar-refractivity contribution in [1.82, 2.24) is 9.80 Å². The van der Waals surface area contributed by atoms with Crippen LogP contribution in [0.4, 0.5) is 14.9 Å². The normalized spacial score (nSPS) is 30.9. The number of hydrogen-bond acceptors (Lipinski definition) is 8. The lowest BCUT2D eigenvalue weighted by atomic mass is 9.77. The lowest BCUT2D eigenvalue weighted by Crippen LogP contribution is -2.65. The Kier molecular flexibility index (Phi) is 10.9. The average Bonchev–Trinajstić information content (AvgIpc) is 3.00. The zero-order valence-corrected chi connectivity index (χ0v) is 27.3. The summed E-state index contributed by atoms with van der Waals surface area (Å²) in [7, 11) is 2.11. The van der Waals surface area contributed by atoms with Crippen molar-refractivity contribution in [2.24, 2.45) is 11.8 Å². The molecular formula is C35H50FN3O6. The van der Waals surface area contributed by atoms with E-state index in [1.165, 1.54) is 12.1 Å². The first-order chi connectivity index (χ1) is 21.5. The maximum absolute atomic E-state index is 14.7. The van der Waals surface area contributed by atoms with Crippen LogP contribution in [0.3, 0.4) is 0 Å². The van der Waals surface area contributed by atoms with Gasteiger partial charge in [0.15, 0.2) is 0 Å². The molecule has 10 heteroatoms. The highest BCUT2D eigenvalue weighted by Gasteiger charge is 2.49. The monoisotopic (exact) mass is 627 g/mol. The number of anilines is 1. The second-order valence-electron chi connectivity index (χ2n) is 13.6. The number of ether oxygens (including phenoxy) is 3. The molecule has 0 saturated carbocycles. The van der Waals surface area contributed by atoms with Crippen molar-refractivity contribution in [2.75, 3.05) is 57.9 Å². The van der Waals surface area contributed by atoms with Crippen LogP contribution in [0.15, 0.2) is 35.9 Å². The third-order valence-electron chi connectivity index (χ3n) is 10.1. The molecule has 1 spiro atoms. The maximum Gasteiger partial charge on any atom is 0.410 e. The first kappa shape index (κ1) is 33.4. The van der Waals surface area contributed by atoms with Gasteiger partial charge in [0, 0.05) is 44.3 Å². The largest absolute Gasteiger partial charge is 0.457 e. The van der Waals surface area contributed by atoms with E-state index in [4.69, 9.17) is 14.2 Å². The number of aliphatic hydroxyl groups excluding tert-OH is 1. The molecular weight excluding hydrogens is 577 g/mol. The summed E-state index contributed by atoms with van der Waals surface area (Å²) in [6.45, 7) is 11.1. The predicted molar refractivity (Wildman–Crippen MR) is 171 cm³/mol. The number of piperidine rings is 1. The van der Waals surface area contributed by atoms with Crippen LogP contribution in [-0.2, 0) is 19.0 Å². The van der Waals surface area contributed by atoms with Gasteiger partial charge in [-0.25, -0.2) is 9.18 Å². The summed E-state index contributed by atoms with van der Waals surface area (Å²) in [5.74, 6) is -1.15. The smallest absolute Gasteiger partial charge is 0.410 e. The van der Waals surface area contributed by atoms with E-state index >= 15 is 0 Å². The van der Waals surface area contributed by atoms with Gasteiger partial charge in [-0.15, -0.1) is 0 Å². The number of rotatable bonds is 4. The van der Waals surface area contributed by atoms with E-state index in [0.29, 0.717) is 51.3 Å². The first-order valence-electron chi connectivity index (χ1n) is 16.6. The van der Waals surface area contributed by atoms with E-state index in [-0.39, 0.29) is 35.7 Å². The summed E-state index contributed by atoms with van der Waals surface area (Å²) in [6.07, 6.45) is 7.20. The van der Waals surface area contributed by atoms with Gasteiger partial charge in [-0.2, -0.15) is 0 Å². The van der Waals surface area contributed by atoms with Gasteiger partial charge < -0.3 is 34.0 Å². The van der Waals surface area contributed by atoms with Gasteiger partial charge in [-0.3, -0.25) is 4.79 Å². The summed E-state index contributed by atoms with van der Waals surface area (Å²) in [5.41, 5.74) is 2.10. The van der Waals surface area contributed by atoms with Crippen LogP contribution >= 0.6 is 0 Å². The fourth-order valence-electron chi connectivity index (χ4n) is 7.04. The highest BCUT2D eigenvalue weighted by atomic mass is 19.1. The predicted octanol–water partition coefficient (Wildman–Crippen LogP) is 5.03. The molecule has 1 N–H and O–H groups in total. The van der Waals surface area contributed by atoms with E-state index in [1.54, 1.807) is 0 Å². The summed E-state index contributed by atoms with van der Waals surface area (Å²) in [4.78, 5) is 32.7. The number of esters is 1. The molecule has 3 fully saturated rings. The van der Waals surface area contributed by atoms with E-state index in [1.807, 2.05) is 50.0 Å². The third kappa shape index (κ3) is 8.26. The summed E-state index contributed by atoms with van der Waals surface area (Å²) in [6, 6.07) is 4.93. The molecule has 9 nitrogen and oxygen atoms in total. The van der Waals surface area contributed by atoms with Crippen molar-refractivity contribution in [3.63, 3.8) is 0 Å². The van der Waals surface area contributed by atoms with Crippen molar-refractivity contribution >= 4 is 23.8 Å². The summed E-state index contributed by atoms with van der Waals surface area (Å²) in [5, 5.41) is 10.7. The van der Waals surface area contributed by atoms with Crippen LogP contribution in [0, 0.1) is 17.7 Å². The second-order valence-corrected chi connectivity index (χ2v) is 13.6. The molecule has 3 saturated heterocycles. The minimum absolute atomic E-state index is 0.0572. The number of likely N-dealkylation sites (tertiary alicyclic amines) is 2. The Labute approximate surface area is 267 Å². The molecule has 0 radical (unpaired) electrons. The van der Waals surface area contributed by atoms with Crippen LogP contribution in [0.1, 0.15) is 64.9 Å². The fourth-order valence-corrected chi connectivity index (χ4v) is 7.04. The number of amides is 1. The lowest BCUT2D eigenvalue weighted by molar-refractivity contribution is -0.151. The number of cyclic esters (lactones) is 1. The summed E-state index contributed by atoms with van der Waals surface area (Å²) < 4.78 is 32.3. The molecule has 1 aromatic carbocycles. The number of aliphatic hydroxyl groups is 1. The van der Waals surface area contributed by atoms with E-state index in [2.05, 4.69) is 16.8 Å². The highest BCUT2D eigenvalue weighted by Crippen LogP contribution is 2.40. The number of carbonyl (C=O) groups is 2. The maximum atomic E-state index is 14.7. The summed E-state index contributed by atoms with van der Waals surface area (Å²) >= 11 is 0. The zero-order chi connectivity index (χ0) is 32.1. The lowest BCUT2D eigenvalue weighted by Gasteiger charge is -2.55. The van der Waals surface area contributed by atoms with Gasteiger partial charge >= 0.3 is 12.1 Å². The molecule has 5 atom stereocenters. The Morgan fingerprint density at radius 2 is 1.76 bits per heavy atom. The Morgan fingerprint density at radius 1 is 1.04 bits per heavy atom. The highest BCUT2D eigenvalue weighted by molar-refractivity contribution is 5.71. The molecule has 0 bridgehead atoms. The molecule has 1 amide bonds. The molecule has 4 aliphatic heterocycles. The van der Waals surface area contributed by atoms with Crippen molar-refractivity contribution in [2.45, 2.75) is 83.1 Å². The Morgan fingerprint density at radius 3 is 2.44 bits per heavy atom. The van der Waals surface area contributed by atoms with Crippen molar-refractivity contribution in [3.05, 3.63) is 47.3 Å². The quantitative estimate of drug-likeness (QED) is 0.368. The molecule has 1 aromatic rings. The number of nitrogens with zero attached hydrogens (tertiary/aromatic N) is 3. The molecule has 248 valence electrons. The van der Waals surface area contributed by atoms with Crippen LogP contribution in [0.2, 0.25) is 0 Å². The molecule has 45 heavy (non-hydrogen) atoms. The van der Waals surface area contributed by atoms with E-state index < -0.39 is 24.3 Å². The SMILES string of the molecule is C/C(=C\c1cc(F)cc(N2CCOCC2)c1)[C@H]1OC(=O)C[C@H](O)CC[C@H](C)[C@@H](OC(=O)N2CCC23CCN(C)CC3)/C=C\[C@@H]1C. The Bertz CT molecular complexity index is 1260. The molecule has 0 aliphatic carbocycles. The number of halogens is 1. The van der Waals surface area contributed by atoms with Crippen LogP contribution < -0.4 is 4.90 Å². The van der Waals surface area contributed by atoms with Gasteiger partial charge in [-0.05, 0) is 87.4 Å². The number of benzene rings is 1. The van der Waals surface area contributed by atoms with E-state index in [9.17, 15) is 19.1 Å². The minimum Gasteiger partial charge on any atom is -0.457 e. The second kappa shape index (κ2) is 14.6. The average molecular weight is 628 g/mol. The fraction of sp³-hybridized carbons (Fsp3) is 0.657. The Balaban J connectivity index is 1.35. The van der Waals surface area contributed by atoms with Crippen molar-refractivity contribution in [3.8, 4) is 0 Å². The Hall–Kier alpha value is -2.95. The van der Waals surface area contributed by atoms with E-state index in [0.717, 1.165) is 43.6 Å². The van der Waals surface area contributed by atoms with Gasteiger partial charge in [0.25, 0.3) is 0 Å². The van der Waals surface area contributed by atoms with Crippen LogP contribution in [-0.4, -0.2) is 104 Å². The number of hydrogen-bond donors (Lipinski definition) is 1. The van der Waals surface area contributed by atoms with Gasteiger partial charge in [0.05, 0.1) is 31.3 Å². The third-order valence-corrected chi connectivity index (χ3v) is 10.1. The topological polar surface area (TPSA) is 91.8 Å². The number of carbonyl (C=O) groups excluding carboxylic acids is 2. The molecule has 4 heterocycles.